The molecular weight excluding hydrogens is 236 g/mol. The molecule has 2 aliphatic rings. The molecule has 0 bridgehead atoms. The molecule has 2 saturated heterocycles. The van der Waals surface area contributed by atoms with Gasteiger partial charge < -0.3 is 5.32 Å². The Morgan fingerprint density at radius 3 is 2.65 bits per heavy atom. The molecule has 0 spiro atoms. The van der Waals surface area contributed by atoms with Gasteiger partial charge in [0.2, 0.25) is 0 Å². The molecule has 2 aliphatic heterocycles. The Labute approximate surface area is 105 Å². The Kier molecular flexibility index (Phi) is 4.44. The first-order chi connectivity index (χ1) is 8.11. The van der Waals surface area contributed by atoms with E-state index in [1.54, 1.807) is 0 Å². The normalized spacial score (nSPS) is 32.2. The highest BCUT2D eigenvalue weighted by Crippen LogP contribution is 2.20. The highest BCUT2D eigenvalue weighted by molar-refractivity contribution is 7.91. The standard InChI is InChI=1S/C12H24N2O2S/c1-2-11-10-14(7-3-6-13-11)12-4-8-17(15,16)9-5-12/h11-13H,2-10H2,1H3. The molecule has 2 heterocycles. The summed E-state index contributed by atoms with van der Waals surface area (Å²) in [5, 5.41) is 3.56. The van der Waals surface area contributed by atoms with Gasteiger partial charge in [0, 0.05) is 18.6 Å². The second kappa shape index (κ2) is 5.67. The average molecular weight is 260 g/mol. The van der Waals surface area contributed by atoms with Crippen LogP contribution in [0.4, 0.5) is 0 Å². The predicted octanol–water partition coefficient (Wildman–Crippen LogP) is 0.638. The third-order valence-corrected chi connectivity index (χ3v) is 5.76. The summed E-state index contributed by atoms with van der Waals surface area (Å²) in [6.45, 7) is 5.52. The molecule has 0 saturated carbocycles. The summed E-state index contributed by atoms with van der Waals surface area (Å²) in [5.41, 5.74) is 0. The first kappa shape index (κ1) is 13.3. The van der Waals surface area contributed by atoms with Crippen LogP contribution in [-0.4, -0.2) is 56.5 Å². The fourth-order valence-electron chi connectivity index (χ4n) is 2.88. The van der Waals surface area contributed by atoms with Gasteiger partial charge in [-0.15, -0.1) is 0 Å². The second-order valence-electron chi connectivity index (χ2n) is 5.29. The second-order valence-corrected chi connectivity index (χ2v) is 7.59. The van der Waals surface area contributed by atoms with Crippen molar-refractivity contribution in [3.63, 3.8) is 0 Å². The molecule has 100 valence electrons. The Bertz CT molecular complexity index is 328. The lowest BCUT2D eigenvalue weighted by Crippen LogP contribution is -2.45. The number of hydrogen-bond donors (Lipinski definition) is 1. The molecule has 0 amide bonds. The van der Waals surface area contributed by atoms with Crippen molar-refractivity contribution in [2.24, 2.45) is 0 Å². The number of nitrogens with zero attached hydrogens (tertiary/aromatic N) is 1. The van der Waals surface area contributed by atoms with E-state index in [4.69, 9.17) is 0 Å². The third kappa shape index (κ3) is 3.66. The van der Waals surface area contributed by atoms with Crippen LogP contribution >= 0.6 is 0 Å². The molecular formula is C12H24N2O2S. The van der Waals surface area contributed by atoms with Gasteiger partial charge in [0.05, 0.1) is 11.5 Å². The van der Waals surface area contributed by atoms with E-state index in [1.807, 2.05) is 0 Å². The molecule has 5 heteroatoms. The number of sulfone groups is 1. The third-order valence-electron chi connectivity index (χ3n) is 4.04. The smallest absolute Gasteiger partial charge is 0.150 e. The van der Waals surface area contributed by atoms with Gasteiger partial charge in [-0.25, -0.2) is 8.42 Å². The van der Waals surface area contributed by atoms with Crippen LogP contribution in [0, 0.1) is 0 Å². The Morgan fingerprint density at radius 2 is 2.00 bits per heavy atom. The minimum absolute atomic E-state index is 0.387. The van der Waals surface area contributed by atoms with E-state index in [1.165, 1.54) is 6.42 Å². The van der Waals surface area contributed by atoms with Crippen LogP contribution in [-0.2, 0) is 9.84 Å². The van der Waals surface area contributed by atoms with Crippen LogP contribution < -0.4 is 5.32 Å². The molecule has 1 N–H and O–H groups in total. The minimum atomic E-state index is -2.72. The fourth-order valence-corrected chi connectivity index (χ4v) is 4.34. The van der Waals surface area contributed by atoms with Crippen LogP contribution in [0.3, 0.4) is 0 Å². The highest BCUT2D eigenvalue weighted by Gasteiger charge is 2.29. The van der Waals surface area contributed by atoms with Gasteiger partial charge in [-0.2, -0.15) is 0 Å². The van der Waals surface area contributed by atoms with Crippen molar-refractivity contribution < 1.29 is 8.42 Å². The Balaban J connectivity index is 1.92. The van der Waals surface area contributed by atoms with E-state index in [-0.39, 0.29) is 0 Å². The summed E-state index contributed by atoms with van der Waals surface area (Å²) in [4.78, 5) is 2.52. The lowest BCUT2D eigenvalue weighted by molar-refractivity contribution is 0.179. The molecule has 0 aliphatic carbocycles. The lowest BCUT2D eigenvalue weighted by atomic mass is 10.1. The van der Waals surface area contributed by atoms with E-state index in [0.717, 1.165) is 38.9 Å². The van der Waals surface area contributed by atoms with E-state index in [0.29, 0.717) is 23.6 Å². The summed E-state index contributed by atoms with van der Waals surface area (Å²) in [6.07, 6.45) is 4.00. The number of hydrogen-bond acceptors (Lipinski definition) is 4. The topological polar surface area (TPSA) is 49.4 Å². The molecule has 0 aromatic heterocycles. The molecule has 1 unspecified atom stereocenters. The van der Waals surface area contributed by atoms with Gasteiger partial charge in [-0.1, -0.05) is 6.92 Å². The van der Waals surface area contributed by atoms with Gasteiger partial charge in [0.25, 0.3) is 0 Å². The van der Waals surface area contributed by atoms with Gasteiger partial charge in [-0.3, -0.25) is 4.90 Å². The largest absolute Gasteiger partial charge is 0.313 e. The zero-order valence-electron chi connectivity index (χ0n) is 10.7. The molecule has 0 aromatic carbocycles. The molecule has 0 radical (unpaired) electrons. The summed E-state index contributed by atoms with van der Waals surface area (Å²) >= 11 is 0. The maximum absolute atomic E-state index is 11.4. The van der Waals surface area contributed by atoms with Crippen molar-refractivity contribution >= 4 is 9.84 Å². The van der Waals surface area contributed by atoms with Crippen LogP contribution in [0.25, 0.3) is 0 Å². The SMILES string of the molecule is CCC1CN(C2CCS(=O)(=O)CC2)CCCN1. The van der Waals surface area contributed by atoms with Crippen molar-refractivity contribution in [1.82, 2.24) is 10.2 Å². The quantitative estimate of drug-likeness (QED) is 0.791. The van der Waals surface area contributed by atoms with Crippen molar-refractivity contribution in [3.05, 3.63) is 0 Å². The highest BCUT2D eigenvalue weighted by atomic mass is 32.2. The first-order valence-electron chi connectivity index (χ1n) is 6.78. The van der Waals surface area contributed by atoms with Crippen LogP contribution in [0.15, 0.2) is 0 Å². The van der Waals surface area contributed by atoms with Crippen molar-refractivity contribution in [2.75, 3.05) is 31.1 Å². The number of nitrogens with one attached hydrogen (secondary N) is 1. The monoisotopic (exact) mass is 260 g/mol. The van der Waals surface area contributed by atoms with Gasteiger partial charge >= 0.3 is 0 Å². The molecule has 2 fully saturated rings. The van der Waals surface area contributed by atoms with Crippen LogP contribution in [0.1, 0.15) is 32.6 Å². The fraction of sp³-hybridized carbons (Fsp3) is 1.00. The van der Waals surface area contributed by atoms with E-state index in [9.17, 15) is 8.42 Å². The summed E-state index contributed by atoms with van der Waals surface area (Å²) in [5.74, 6) is 0.775. The zero-order valence-corrected chi connectivity index (χ0v) is 11.5. The van der Waals surface area contributed by atoms with Crippen LogP contribution in [0.5, 0.6) is 0 Å². The Morgan fingerprint density at radius 1 is 1.29 bits per heavy atom. The van der Waals surface area contributed by atoms with Crippen molar-refractivity contribution in [2.45, 2.75) is 44.7 Å². The van der Waals surface area contributed by atoms with Gasteiger partial charge in [0.15, 0.2) is 0 Å². The predicted molar refractivity (Wildman–Crippen MR) is 69.9 cm³/mol. The van der Waals surface area contributed by atoms with Gasteiger partial charge in [0.1, 0.15) is 9.84 Å². The van der Waals surface area contributed by atoms with E-state index >= 15 is 0 Å². The summed E-state index contributed by atoms with van der Waals surface area (Å²) < 4.78 is 22.9. The number of rotatable bonds is 2. The van der Waals surface area contributed by atoms with E-state index in [2.05, 4.69) is 17.1 Å². The molecule has 0 aromatic rings. The molecule has 4 nitrogen and oxygen atoms in total. The maximum Gasteiger partial charge on any atom is 0.150 e. The molecule has 17 heavy (non-hydrogen) atoms. The minimum Gasteiger partial charge on any atom is -0.313 e. The lowest BCUT2D eigenvalue weighted by Gasteiger charge is -2.34. The summed E-state index contributed by atoms with van der Waals surface area (Å²) in [6, 6.07) is 1.07. The average Bonchev–Trinajstić information content (AvgIpc) is 2.54. The molecule has 2 rings (SSSR count). The van der Waals surface area contributed by atoms with Gasteiger partial charge in [-0.05, 0) is 38.8 Å². The van der Waals surface area contributed by atoms with E-state index < -0.39 is 9.84 Å². The zero-order chi connectivity index (χ0) is 12.3. The first-order valence-corrected chi connectivity index (χ1v) is 8.61. The van der Waals surface area contributed by atoms with Crippen molar-refractivity contribution in [1.29, 1.82) is 0 Å². The maximum atomic E-state index is 11.4. The Hall–Kier alpha value is -0.130. The van der Waals surface area contributed by atoms with Crippen LogP contribution in [0.2, 0.25) is 0 Å². The molecule has 1 atom stereocenters. The van der Waals surface area contributed by atoms with Crippen molar-refractivity contribution in [3.8, 4) is 0 Å². The summed E-state index contributed by atoms with van der Waals surface area (Å²) in [7, 11) is -2.72.